The molecule has 0 aliphatic heterocycles. The first-order valence-corrected chi connectivity index (χ1v) is 9.66. The zero-order valence-corrected chi connectivity index (χ0v) is 17.6. The maximum absolute atomic E-state index is 11.3. The van der Waals surface area contributed by atoms with E-state index in [1.165, 1.54) is 12.7 Å². The Kier molecular flexibility index (Phi) is 8.49. The predicted molar refractivity (Wildman–Crippen MR) is 112 cm³/mol. The van der Waals surface area contributed by atoms with Crippen molar-refractivity contribution in [2.24, 2.45) is 0 Å². The van der Waals surface area contributed by atoms with Crippen LogP contribution in [-0.4, -0.2) is 50.1 Å². The Balaban J connectivity index is 1.75. The highest BCUT2D eigenvalue weighted by atomic mass is 16.5. The summed E-state index contributed by atoms with van der Waals surface area (Å²) in [5, 5.41) is 13.6. The topological polar surface area (TPSA) is 77.0 Å². The van der Waals surface area contributed by atoms with Gasteiger partial charge in [0, 0.05) is 12.1 Å². The summed E-state index contributed by atoms with van der Waals surface area (Å²) < 4.78 is 15.5. The van der Waals surface area contributed by atoms with Gasteiger partial charge >= 0.3 is 5.97 Å². The summed E-state index contributed by atoms with van der Waals surface area (Å²) in [6.45, 7) is 4.81. The molecule has 158 valence electrons. The molecular weight excluding hydrogens is 370 g/mol. The normalized spacial score (nSPS) is 12.3. The van der Waals surface area contributed by atoms with Crippen molar-refractivity contribution in [2.45, 2.75) is 38.3 Å². The van der Waals surface area contributed by atoms with Gasteiger partial charge in [-0.1, -0.05) is 24.3 Å². The summed E-state index contributed by atoms with van der Waals surface area (Å²) >= 11 is 0. The van der Waals surface area contributed by atoms with E-state index in [4.69, 9.17) is 9.47 Å². The van der Waals surface area contributed by atoms with Crippen molar-refractivity contribution in [3.05, 3.63) is 59.7 Å². The summed E-state index contributed by atoms with van der Waals surface area (Å²) in [6, 6.07) is 15.2. The molecule has 29 heavy (non-hydrogen) atoms. The highest BCUT2D eigenvalue weighted by Gasteiger charge is 2.19. The molecule has 0 fully saturated rings. The monoisotopic (exact) mass is 401 g/mol. The van der Waals surface area contributed by atoms with Crippen LogP contribution in [0.15, 0.2) is 48.5 Å². The molecule has 0 aliphatic carbocycles. The van der Waals surface area contributed by atoms with E-state index in [0.717, 1.165) is 17.7 Å². The van der Waals surface area contributed by atoms with E-state index in [2.05, 4.69) is 23.9 Å². The van der Waals surface area contributed by atoms with Crippen LogP contribution in [0.3, 0.4) is 0 Å². The fraction of sp³-hybridized carbons (Fsp3) is 0.435. The number of esters is 1. The molecule has 2 aromatic rings. The average molecular weight is 402 g/mol. The average Bonchev–Trinajstić information content (AvgIpc) is 2.72. The number of aliphatic hydroxyl groups is 1. The molecule has 0 spiro atoms. The maximum atomic E-state index is 11.3. The first-order valence-electron chi connectivity index (χ1n) is 9.66. The standard InChI is InChI=1S/C23H31NO5/c1-23(2,14-18-7-9-20(27-3)10-8-18)24-15-19(25)16-29-21-11-5-17(6-12-21)13-22(26)28-4/h5-12,19,24-25H,13-16H2,1-4H3/t19-/m0/s1. The molecule has 0 radical (unpaired) electrons. The van der Waals surface area contributed by atoms with Crippen molar-refractivity contribution in [1.82, 2.24) is 5.32 Å². The van der Waals surface area contributed by atoms with E-state index in [1.54, 1.807) is 19.2 Å². The van der Waals surface area contributed by atoms with Gasteiger partial charge in [-0.15, -0.1) is 0 Å². The van der Waals surface area contributed by atoms with Gasteiger partial charge in [0.15, 0.2) is 0 Å². The van der Waals surface area contributed by atoms with Gasteiger partial charge in [-0.3, -0.25) is 4.79 Å². The van der Waals surface area contributed by atoms with E-state index < -0.39 is 6.10 Å². The number of hydrogen-bond acceptors (Lipinski definition) is 6. The lowest BCUT2D eigenvalue weighted by Gasteiger charge is -2.28. The Labute approximate surface area is 172 Å². The van der Waals surface area contributed by atoms with Gasteiger partial charge in [0.2, 0.25) is 0 Å². The second-order valence-corrected chi connectivity index (χ2v) is 7.65. The highest BCUT2D eigenvalue weighted by molar-refractivity contribution is 5.72. The number of ether oxygens (including phenoxy) is 3. The highest BCUT2D eigenvalue weighted by Crippen LogP contribution is 2.17. The smallest absolute Gasteiger partial charge is 0.309 e. The Bertz CT molecular complexity index is 756. The van der Waals surface area contributed by atoms with Gasteiger partial charge in [0.1, 0.15) is 24.2 Å². The number of β-amino-alcohol motifs (C(OH)–C–C–N with tert-alkyl or cyclic N) is 1. The molecule has 0 saturated carbocycles. The van der Waals surface area contributed by atoms with E-state index >= 15 is 0 Å². The Morgan fingerprint density at radius 2 is 1.59 bits per heavy atom. The molecule has 6 nitrogen and oxygen atoms in total. The van der Waals surface area contributed by atoms with Crippen molar-refractivity contribution in [3.8, 4) is 11.5 Å². The van der Waals surface area contributed by atoms with Crippen molar-refractivity contribution in [2.75, 3.05) is 27.4 Å². The largest absolute Gasteiger partial charge is 0.497 e. The van der Waals surface area contributed by atoms with Crippen molar-refractivity contribution in [1.29, 1.82) is 0 Å². The van der Waals surface area contributed by atoms with Crippen molar-refractivity contribution < 1.29 is 24.1 Å². The predicted octanol–water partition coefficient (Wildman–Crippen LogP) is 2.76. The van der Waals surface area contributed by atoms with Crippen LogP contribution >= 0.6 is 0 Å². The minimum atomic E-state index is -0.639. The second-order valence-electron chi connectivity index (χ2n) is 7.65. The maximum Gasteiger partial charge on any atom is 0.309 e. The fourth-order valence-electron chi connectivity index (χ4n) is 2.90. The van der Waals surface area contributed by atoms with Gasteiger partial charge < -0.3 is 24.6 Å². The van der Waals surface area contributed by atoms with E-state index in [9.17, 15) is 9.90 Å². The van der Waals surface area contributed by atoms with Gasteiger partial charge in [-0.25, -0.2) is 0 Å². The lowest BCUT2D eigenvalue weighted by molar-refractivity contribution is -0.139. The number of hydrogen-bond donors (Lipinski definition) is 2. The lowest BCUT2D eigenvalue weighted by atomic mass is 9.94. The molecule has 0 unspecified atom stereocenters. The summed E-state index contributed by atoms with van der Waals surface area (Å²) in [5.41, 5.74) is 1.87. The second kappa shape index (κ2) is 10.8. The number of carbonyl (C=O) groups is 1. The Morgan fingerprint density at radius 1 is 1.00 bits per heavy atom. The van der Waals surface area contributed by atoms with Crippen LogP contribution in [0.1, 0.15) is 25.0 Å². The van der Waals surface area contributed by atoms with Gasteiger partial charge in [-0.05, 0) is 55.7 Å². The van der Waals surface area contributed by atoms with Crippen LogP contribution in [-0.2, 0) is 22.4 Å². The van der Waals surface area contributed by atoms with Crippen molar-refractivity contribution in [3.63, 3.8) is 0 Å². The molecule has 0 amide bonds. The molecule has 0 aromatic heterocycles. The molecule has 6 heteroatoms. The number of carbonyl (C=O) groups excluding carboxylic acids is 1. The van der Waals surface area contributed by atoms with Gasteiger partial charge in [0.05, 0.1) is 20.6 Å². The lowest BCUT2D eigenvalue weighted by Crippen LogP contribution is -2.46. The van der Waals surface area contributed by atoms with Crippen LogP contribution in [0, 0.1) is 0 Å². The third kappa shape index (κ3) is 8.13. The van der Waals surface area contributed by atoms with E-state index in [0.29, 0.717) is 12.3 Å². The Morgan fingerprint density at radius 3 is 2.17 bits per heavy atom. The van der Waals surface area contributed by atoms with E-state index in [-0.39, 0.29) is 24.5 Å². The number of methoxy groups -OCH3 is 2. The number of benzene rings is 2. The summed E-state index contributed by atoms with van der Waals surface area (Å²) in [6.07, 6.45) is 0.415. The van der Waals surface area contributed by atoms with Crippen LogP contribution < -0.4 is 14.8 Å². The molecule has 0 aliphatic rings. The SMILES string of the molecule is COC(=O)Cc1ccc(OC[C@@H](O)CNC(C)(C)Cc2ccc(OC)cc2)cc1. The molecular formula is C23H31NO5. The number of aliphatic hydroxyl groups excluding tert-OH is 1. The summed E-state index contributed by atoms with van der Waals surface area (Å²) in [7, 11) is 3.02. The third-order valence-corrected chi connectivity index (χ3v) is 4.56. The molecule has 0 heterocycles. The van der Waals surface area contributed by atoms with Crippen LogP contribution in [0.5, 0.6) is 11.5 Å². The summed E-state index contributed by atoms with van der Waals surface area (Å²) in [4.78, 5) is 11.3. The first-order chi connectivity index (χ1) is 13.8. The quantitative estimate of drug-likeness (QED) is 0.564. The van der Waals surface area contributed by atoms with Gasteiger partial charge in [0.25, 0.3) is 0 Å². The van der Waals surface area contributed by atoms with Crippen LogP contribution in [0.25, 0.3) is 0 Å². The number of nitrogens with one attached hydrogen (secondary N) is 1. The zero-order valence-electron chi connectivity index (χ0n) is 17.6. The molecule has 0 bridgehead atoms. The first kappa shape index (κ1) is 22.7. The van der Waals surface area contributed by atoms with E-state index in [1.807, 2.05) is 36.4 Å². The van der Waals surface area contributed by atoms with Crippen LogP contribution in [0.2, 0.25) is 0 Å². The van der Waals surface area contributed by atoms with Crippen molar-refractivity contribution >= 4 is 5.97 Å². The Hall–Kier alpha value is -2.57. The molecule has 2 rings (SSSR count). The van der Waals surface area contributed by atoms with Gasteiger partial charge in [-0.2, -0.15) is 0 Å². The fourth-order valence-corrected chi connectivity index (χ4v) is 2.90. The molecule has 2 N–H and O–H groups in total. The zero-order chi connectivity index (χ0) is 21.3. The summed E-state index contributed by atoms with van der Waals surface area (Å²) in [5.74, 6) is 1.21. The third-order valence-electron chi connectivity index (χ3n) is 4.56. The minimum Gasteiger partial charge on any atom is -0.497 e. The molecule has 1 atom stereocenters. The molecule has 2 aromatic carbocycles. The minimum absolute atomic E-state index is 0.175. The van der Waals surface area contributed by atoms with Crippen LogP contribution in [0.4, 0.5) is 0 Å². The molecule has 0 saturated heterocycles. The number of rotatable bonds is 11.